The summed E-state index contributed by atoms with van der Waals surface area (Å²) in [7, 11) is 0. The van der Waals surface area contributed by atoms with Crippen molar-refractivity contribution in [3.05, 3.63) is 71.8 Å². The summed E-state index contributed by atoms with van der Waals surface area (Å²) >= 11 is 0. The van der Waals surface area contributed by atoms with Crippen molar-refractivity contribution in [3.8, 4) is 5.75 Å². The Balaban J connectivity index is 1.91. The van der Waals surface area contributed by atoms with Gasteiger partial charge in [0.1, 0.15) is 5.75 Å². The van der Waals surface area contributed by atoms with Crippen LogP contribution in [0.25, 0.3) is 10.8 Å². The molecule has 3 aromatic rings. The van der Waals surface area contributed by atoms with E-state index in [1.54, 1.807) is 12.3 Å². The van der Waals surface area contributed by atoms with Crippen molar-refractivity contribution < 1.29 is 5.11 Å². The van der Waals surface area contributed by atoms with Crippen LogP contribution in [0.15, 0.2) is 65.8 Å². The number of hydrazone groups is 1. The van der Waals surface area contributed by atoms with Crippen molar-refractivity contribution in [2.24, 2.45) is 5.10 Å². The summed E-state index contributed by atoms with van der Waals surface area (Å²) in [5.41, 5.74) is 5.79. The van der Waals surface area contributed by atoms with Crippen LogP contribution in [-0.2, 0) is 0 Å². The minimum atomic E-state index is 0.225. The first-order chi connectivity index (χ1) is 10.2. The fraction of sp³-hybridized carbons (Fsp3) is 0.0556. The topological polar surface area (TPSA) is 44.6 Å². The Morgan fingerprint density at radius 1 is 1.00 bits per heavy atom. The number of rotatable bonds is 3. The second-order valence-electron chi connectivity index (χ2n) is 4.96. The van der Waals surface area contributed by atoms with E-state index >= 15 is 0 Å². The summed E-state index contributed by atoms with van der Waals surface area (Å²) in [5.74, 6) is 0.225. The Labute approximate surface area is 123 Å². The van der Waals surface area contributed by atoms with Gasteiger partial charge in [0.05, 0.1) is 11.9 Å². The number of benzene rings is 3. The molecule has 0 aliphatic rings. The lowest BCUT2D eigenvalue weighted by atomic mass is 10.0. The number of phenols is 1. The number of nitrogens with one attached hydrogen (secondary N) is 1. The van der Waals surface area contributed by atoms with Gasteiger partial charge in [-0.2, -0.15) is 5.10 Å². The molecule has 0 spiro atoms. The van der Waals surface area contributed by atoms with Crippen LogP contribution in [0.4, 0.5) is 5.69 Å². The number of hydrogen-bond acceptors (Lipinski definition) is 3. The van der Waals surface area contributed by atoms with Crippen LogP contribution >= 0.6 is 0 Å². The number of aromatic hydroxyl groups is 1. The minimum Gasteiger partial charge on any atom is -0.507 e. The van der Waals surface area contributed by atoms with E-state index in [1.165, 1.54) is 5.56 Å². The molecule has 0 aromatic heterocycles. The Hall–Kier alpha value is -2.81. The van der Waals surface area contributed by atoms with E-state index in [4.69, 9.17) is 0 Å². The fourth-order valence-electron chi connectivity index (χ4n) is 2.31. The number of anilines is 1. The first-order valence-electron chi connectivity index (χ1n) is 6.80. The van der Waals surface area contributed by atoms with E-state index < -0.39 is 0 Å². The van der Waals surface area contributed by atoms with Crippen LogP contribution < -0.4 is 5.43 Å². The fourth-order valence-corrected chi connectivity index (χ4v) is 2.31. The van der Waals surface area contributed by atoms with Gasteiger partial charge in [-0.3, -0.25) is 5.43 Å². The molecule has 0 aliphatic heterocycles. The number of phenolic OH excluding ortho intramolecular Hbond substituents is 1. The zero-order chi connectivity index (χ0) is 14.7. The zero-order valence-corrected chi connectivity index (χ0v) is 11.7. The summed E-state index contributed by atoms with van der Waals surface area (Å²) in [6, 6.07) is 19.5. The number of hydrogen-bond donors (Lipinski definition) is 2. The van der Waals surface area contributed by atoms with Crippen molar-refractivity contribution in [1.29, 1.82) is 0 Å². The maximum absolute atomic E-state index is 10.0. The van der Waals surface area contributed by atoms with Gasteiger partial charge in [0, 0.05) is 5.56 Å². The monoisotopic (exact) mass is 276 g/mol. The predicted octanol–water partition coefficient (Wildman–Crippen LogP) is 4.30. The highest BCUT2D eigenvalue weighted by atomic mass is 16.3. The molecule has 0 fully saturated rings. The van der Waals surface area contributed by atoms with Gasteiger partial charge in [0.15, 0.2) is 0 Å². The van der Waals surface area contributed by atoms with Gasteiger partial charge in [-0.05, 0) is 41.5 Å². The van der Waals surface area contributed by atoms with Gasteiger partial charge in [-0.1, -0.05) is 42.5 Å². The molecule has 0 bridgehead atoms. The van der Waals surface area contributed by atoms with Crippen LogP contribution in [0.2, 0.25) is 0 Å². The molecule has 3 heteroatoms. The van der Waals surface area contributed by atoms with Gasteiger partial charge in [-0.15, -0.1) is 0 Å². The largest absolute Gasteiger partial charge is 0.507 e. The van der Waals surface area contributed by atoms with E-state index in [0.29, 0.717) is 5.56 Å². The lowest BCUT2D eigenvalue weighted by Gasteiger charge is -2.05. The molecule has 0 saturated carbocycles. The summed E-state index contributed by atoms with van der Waals surface area (Å²) in [4.78, 5) is 0. The molecule has 0 saturated heterocycles. The van der Waals surface area contributed by atoms with Crippen LogP contribution in [0.3, 0.4) is 0 Å². The highest BCUT2D eigenvalue weighted by Crippen LogP contribution is 2.25. The molecular weight excluding hydrogens is 260 g/mol. The Morgan fingerprint density at radius 2 is 1.86 bits per heavy atom. The van der Waals surface area contributed by atoms with E-state index in [-0.39, 0.29) is 5.75 Å². The predicted molar refractivity (Wildman–Crippen MR) is 88.0 cm³/mol. The van der Waals surface area contributed by atoms with Gasteiger partial charge in [0.2, 0.25) is 0 Å². The summed E-state index contributed by atoms with van der Waals surface area (Å²) in [6.07, 6.45) is 1.65. The van der Waals surface area contributed by atoms with E-state index in [1.807, 2.05) is 61.5 Å². The zero-order valence-electron chi connectivity index (χ0n) is 11.7. The average molecular weight is 276 g/mol. The standard InChI is InChI=1S/C18H16N2O/c1-13-5-4-7-15(11-13)20-19-12-17-16-8-3-2-6-14(16)9-10-18(17)21/h2-12,20-21H,1H3. The summed E-state index contributed by atoms with van der Waals surface area (Å²) in [6.45, 7) is 2.03. The van der Waals surface area contributed by atoms with Crippen molar-refractivity contribution in [2.45, 2.75) is 6.92 Å². The molecule has 0 atom stereocenters. The maximum Gasteiger partial charge on any atom is 0.125 e. The normalized spacial score (nSPS) is 11.1. The van der Waals surface area contributed by atoms with Gasteiger partial charge >= 0.3 is 0 Å². The third kappa shape index (κ3) is 2.87. The Kier molecular flexibility index (Phi) is 3.56. The quantitative estimate of drug-likeness (QED) is 0.553. The van der Waals surface area contributed by atoms with Gasteiger partial charge < -0.3 is 5.11 Å². The average Bonchev–Trinajstić information content (AvgIpc) is 2.50. The molecule has 21 heavy (non-hydrogen) atoms. The van der Waals surface area contributed by atoms with Crippen molar-refractivity contribution in [2.75, 3.05) is 5.43 Å². The van der Waals surface area contributed by atoms with Crippen molar-refractivity contribution in [3.63, 3.8) is 0 Å². The van der Waals surface area contributed by atoms with Gasteiger partial charge in [-0.25, -0.2) is 0 Å². The first-order valence-corrected chi connectivity index (χ1v) is 6.80. The molecule has 0 unspecified atom stereocenters. The number of aryl methyl sites for hydroxylation is 1. The Morgan fingerprint density at radius 3 is 2.71 bits per heavy atom. The van der Waals surface area contributed by atoms with E-state index in [9.17, 15) is 5.11 Å². The smallest absolute Gasteiger partial charge is 0.125 e. The van der Waals surface area contributed by atoms with E-state index in [2.05, 4.69) is 10.5 Å². The van der Waals surface area contributed by atoms with Crippen LogP contribution in [-0.4, -0.2) is 11.3 Å². The van der Waals surface area contributed by atoms with Crippen LogP contribution in [0.5, 0.6) is 5.75 Å². The van der Waals surface area contributed by atoms with Crippen LogP contribution in [0.1, 0.15) is 11.1 Å². The highest BCUT2D eigenvalue weighted by Gasteiger charge is 2.03. The highest BCUT2D eigenvalue weighted by molar-refractivity contribution is 6.02. The van der Waals surface area contributed by atoms with Crippen molar-refractivity contribution >= 4 is 22.7 Å². The second kappa shape index (κ2) is 5.67. The third-order valence-corrected chi connectivity index (χ3v) is 3.35. The number of fused-ring (bicyclic) bond motifs is 1. The molecule has 3 rings (SSSR count). The molecule has 0 radical (unpaired) electrons. The second-order valence-corrected chi connectivity index (χ2v) is 4.96. The third-order valence-electron chi connectivity index (χ3n) is 3.35. The molecule has 0 aliphatic carbocycles. The maximum atomic E-state index is 10.0. The Bertz CT molecular complexity index is 809. The molecule has 2 N–H and O–H groups in total. The summed E-state index contributed by atoms with van der Waals surface area (Å²) in [5, 5.41) is 16.3. The lowest BCUT2D eigenvalue weighted by molar-refractivity contribution is 0.475. The molecule has 104 valence electrons. The molecular formula is C18H16N2O. The SMILES string of the molecule is Cc1cccc(NN=Cc2c(O)ccc3ccccc23)c1. The summed E-state index contributed by atoms with van der Waals surface area (Å²) < 4.78 is 0. The molecule has 0 amide bonds. The van der Waals surface area contributed by atoms with Crippen LogP contribution in [0, 0.1) is 6.92 Å². The molecule has 3 aromatic carbocycles. The minimum absolute atomic E-state index is 0.225. The molecule has 3 nitrogen and oxygen atoms in total. The van der Waals surface area contributed by atoms with E-state index in [0.717, 1.165) is 16.5 Å². The molecule has 0 heterocycles. The van der Waals surface area contributed by atoms with Gasteiger partial charge in [0.25, 0.3) is 0 Å². The number of nitrogens with zero attached hydrogens (tertiary/aromatic N) is 1. The van der Waals surface area contributed by atoms with Crippen molar-refractivity contribution in [1.82, 2.24) is 0 Å². The lowest BCUT2D eigenvalue weighted by Crippen LogP contribution is -1.92. The first kappa shape index (κ1) is 13.2.